The molecule has 4 saturated carbocycles. The number of carboxylic acids is 2. The summed E-state index contributed by atoms with van der Waals surface area (Å²) < 4.78 is 236. The molecule has 8 nitrogen and oxygen atoms in total. The highest BCUT2D eigenvalue weighted by Crippen LogP contribution is 2.67. The number of ketones is 1. The van der Waals surface area contributed by atoms with Crippen molar-refractivity contribution >= 4 is 17.7 Å². The zero-order valence-electron chi connectivity index (χ0n) is 55.2. The molecule has 0 heterocycles. The maximum atomic E-state index is 13.8. The van der Waals surface area contributed by atoms with Crippen molar-refractivity contribution in [2.45, 2.75) is 285 Å². The maximum Gasteiger partial charge on any atom is 0.460 e. The van der Waals surface area contributed by atoms with Gasteiger partial charge in [0, 0.05) is 30.1 Å². The molecule has 8 rings (SSSR count). The molecule has 2 aromatic rings. The number of hydrogen-bond acceptors (Lipinski definition) is 6. The van der Waals surface area contributed by atoms with Gasteiger partial charge in [-0.15, -0.1) is 6.42 Å². The number of fused-ring (bicyclic) bond motifs is 10. The summed E-state index contributed by atoms with van der Waals surface area (Å²) >= 11 is 0. The summed E-state index contributed by atoms with van der Waals surface area (Å²) in [5.41, 5.74) is 3.15. The molecule has 554 valence electrons. The predicted molar refractivity (Wildman–Crippen MR) is 328 cm³/mol. The molecule has 0 bridgehead atoms. The van der Waals surface area contributed by atoms with Crippen LogP contribution in [-0.4, -0.2) is 96.7 Å². The minimum Gasteiger partial charge on any atom is -0.508 e. The number of aliphatic carboxylic acids is 2. The van der Waals surface area contributed by atoms with Crippen molar-refractivity contribution < 1.29 is 119 Å². The van der Waals surface area contributed by atoms with Gasteiger partial charge in [-0.2, -0.15) is 79.0 Å². The van der Waals surface area contributed by atoms with Gasteiger partial charge in [-0.1, -0.05) is 109 Å². The van der Waals surface area contributed by atoms with E-state index >= 15 is 0 Å². The lowest BCUT2D eigenvalue weighted by atomic mass is 9.50. The second-order valence-corrected chi connectivity index (χ2v) is 29.6. The van der Waals surface area contributed by atoms with E-state index in [0.29, 0.717) is 85.7 Å². The van der Waals surface area contributed by atoms with Crippen LogP contribution in [-0.2, 0) is 27.2 Å². The molecule has 0 radical (unpaired) electrons. The molecule has 5 N–H and O–H groups in total. The second-order valence-electron chi connectivity index (χ2n) is 29.6. The van der Waals surface area contributed by atoms with E-state index in [1.165, 1.54) is 16.7 Å². The summed E-state index contributed by atoms with van der Waals surface area (Å²) in [5.74, 6) is -37.5. The monoisotopic (exact) mass is 1430 g/mol. The normalized spacial score (nSPS) is 28.0. The largest absolute Gasteiger partial charge is 0.508 e. The topological polar surface area (TPSA) is 152 Å². The highest BCUT2D eigenvalue weighted by Gasteiger charge is 2.82. The number of phenols is 2. The molecular weight excluding hydrogens is 1330 g/mol. The Hall–Kier alpha value is -5.09. The Morgan fingerprint density at radius 3 is 1.29 bits per heavy atom. The molecule has 0 aliphatic heterocycles. The first kappa shape index (κ1) is 80.2. The summed E-state index contributed by atoms with van der Waals surface area (Å²) in [5, 5.41) is 50.5. The van der Waals surface area contributed by atoms with Crippen molar-refractivity contribution in [2.75, 3.05) is 0 Å². The van der Waals surface area contributed by atoms with Gasteiger partial charge in [0.15, 0.2) is 0 Å². The predicted octanol–water partition coefficient (Wildman–Crippen LogP) is 20.8. The Morgan fingerprint density at radius 1 is 0.510 bits per heavy atom. The van der Waals surface area contributed by atoms with Gasteiger partial charge in [-0.25, -0.2) is 0 Å². The van der Waals surface area contributed by atoms with Crippen LogP contribution in [0.2, 0.25) is 0 Å². The number of terminal acetylenes is 1. The Labute approximate surface area is 560 Å². The standard InChI is InChI=1S/C37H47F9O4.C35H45F9O4/c1-3-33(50)20-17-29-30-24(21-25-22-26(47)14-15-27(25)28(30)16-19-32(29,33)2)12-9-7-5-4-6-8-11-23(31(48)49)13-10-18-34(38,39)35(40,41)36(42,43)37(44,45)46;1-31-18-16-26-25-13-12-24(45)20-23(25)19-22(29(26)27(31)14-15-28(31)46)10-7-5-3-2-4-6-9-21(30(47)48)11-8-17-32(36,37)33(38,39)34(40,41)35(42,43)44/h1,14-15,22-24,28-30,47,50H,4-13,16-21H2,2H3,(H,48,49);12-13,20-22,26-27,29,45H,2-11,14-19H2,1H3,(H,47,48)/t23?,24-,28?,29?,30?,32+,33+;21?,22-,26?,27?,29?,31+/m11/s1. The molecular formula is C72H92F18O8. The zero-order valence-corrected chi connectivity index (χ0v) is 55.2. The summed E-state index contributed by atoms with van der Waals surface area (Å²) in [6.07, 6.45) is 4.25. The van der Waals surface area contributed by atoms with Gasteiger partial charge in [0.05, 0.1) is 11.8 Å². The fourth-order valence-corrected chi connectivity index (χ4v) is 18.2. The van der Waals surface area contributed by atoms with Crippen LogP contribution in [0.25, 0.3) is 0 Å². The van der Waals surface area contributed by atoms with Gasteiger partial charge in [0.25, 0.3) is 0 Å². The van der Waals surface area contributed by atoms with E-state index in [0.717, 1.165) is 121 Å². The van der Waals surface area contributed by atoms with Crippen LogP contribution < -0.4 is 0 Å². The molecule has 26 heteroatoms. The van der Waals surface area contributed by atoms with Crippen LogP contribution in [0.5, 0.6) is 11.5 Å². The fourth-order valence-electron chi connectivity index (χ4n) is 18.2. The molecule has 13 atom stereocenters. The summed E-state index contributed by atoms with van der Waals surface area (Å²) in [6, 6.07) is 11.3. The first-order chi connectivity index (χ1) is 45.4. The number of halogens is 18. The number of carbonyl (C=O) groups is 3. The molecule has 0 saturated heterocycles. The highest BCUT2D eigenvalue weighted by molar-refractivity contribution is 5.87. The second kappa shape index (κ2) is 30.9. The van der Waals surface area contributed by atoms with Crippen LogP contribution >= 0.6 is 0 Å². The Balaban J connectivity index is 0.000000276. The molecule has 8 unspecified atom stereocenters. The first-order valence-electron chi connectivity index (χ1n) is 34.6. The minimum atomic E-state index is -6.95. The number of benzene rings is 2. The number of carboxylic acid groups (broad SMARTS) is 2. The number of carbonyl (C=O) groups excluding carboxylic acids is 1. The SMILES string of the molecule is C#C[C@]1(O)CCC2C3C(CC[C@@]21C)c1ccc(O)cc1C[C@H]3CCCCCCCCC(CCCC(F)(F)C(F)(F)C(F)(F)C(F)(F)F)C(=O)O.C[C@]12CCC3c4ccc(O)cc4C[C@@H](CCCCCCCCC(CCCC(F)(F)C(F)(F)C(F)(F)C(F)(F)F)C(=O)O)C3C1CCC2=O. The Kier molecular flexibility index (Phi) is 25.3. The number of aliphatic hydroxyl groups is 1. The first-order valence-corrected chi connectivity index (χ1v) is 34.6. The van der Waals surface area contributed by atoms with Crippen LogP contribution in [0.1, 0.15) is 241 Å². The van der Waals surface area contributed by atoms with E-state index in [1.807, 2.05) is 24.3 Å². The molecule has 0 amide bonds. The van der Waals surface area contributed by atoms with Gasteiger partial charge >= 0.3 is 59.8 Å². The molecule has 98 heavy (non-hydrogen) atoms. The lowest BCUT2D eigenvalue weighted by molar-refractivity contribution is -0.396. The summed E-state index contributed by atoms with van der Waals surface area (Å²) in [4.78, 5) is 36.0. The molecule has 4 fully saturated rings. The average molecular weight is 1430 g/mol. The zero-order chi connectivity index (χ0) is 73.0. The van der Waals surface area contributed by atoms with E-state index in [4.69, 9.17) is 6.42 Å². The van der Waals surface area contributed by atoms with Gasteiger partial charge < -0.3 is 25.5 Å². The third-order valence-electron chi connectivity index (χ3n) is 23.8. The molecule has 0 aromatic heterocycles. The number of rotatable bonds is 32. The highest BCUT2D eigenvalue weighted by atomic mass is 19.4. The van der Waals surface area contributed by atoms with Crippen molar-refractivity contribution in [1.29, 1.82) is 0 Å². The lowest BCUT2D eigenvalue weighted by Gasteiger charge is -2.54. The van der Waals surface area contributed by atoms with Crippen LogP contribution in [0.4, 0.5) is 79.0 Å². The van der Waals surface area contributed by atoms with Crippen molar-refractivity contribution in [3.05, 3.63) is 58.7 Å². The van der Waals surface area contributed by atoms with Crippen molar-refractivity contribution in [3.63, 3.8) is 0 Å². The number of Topliss-reactive ketones (excluding diaryl/α,β-unsaturated/α-hetero) is 1. The number of alkyl halides is 18. The van der Waals surface area contributed by atoms with Crippen LogP contribution in [0.15, 0.2) is 36.4 Å². The van der Waals surface area contributed by atoms with Gasteiger partial charge in [-0.3, -0.25) is 14.4 Å². The van der Waals surface area contributed by atoms with Gasteiger partial charge in [0.2, 0.25) is 0 Å². The summed E-state index contributed by atoms with van der Waals surface area (Å²) in [6.45, 7) is 4.27. The quantitative estimate of drug-likeness (QED) is 0.0276. The third kappa shape index (κ3) is 16.4. The van der Waals surface area contributed by atoms with Crippen LogP contribution in [0, 0.1) is 70.5 Å². The van der Waals surface area contributed by atoms with Gasteiger partial charge in [-0.05, 0) is 203 Å². The van der Waals surface area contributed by atoms with E-state index in [9.17, 15) is 119 Å². The smallest absolute Gasteiger partial charge is 0.460 e. The Bertz CT molecular complexity index is 3090. The summed E-state index contributed by atoms with van der Waals surface area (Å²) in [7, 11) is 0. The van der Waals surface area contributed by atoms with E-state index in [-0.39, 0.29) is 41.1 Å². The lowest BCUT2D eigenvalue weighted by Crippen LogP contribution is -2.60. The van der Waals surface area contributed by atoms with E-state index in [2.05, 4.69) is 19.8 Å². The molecule has 2 aromatic carbocycles. The van der Waals surface area contributed by atoms with E-state index < -0.39 is 116 Å². The van der Waals surface area contributed by atoms with Gasteiger partial charge in [0.1, 0.15) is 22.9 Å². The third-order valence-corrected chi connectivity index (χ3v) is 23.8. The fraction of sp³-hybridized carbons (Fsp3) is 0.764. The van der Waals surface area contributed by atoms with Crippen molar-refractivity contribution in [3.8, 4) is 23.8 Å². The number of unbranched alkanes of at least 4 members (excludes halogenated alkanes) is 10. The molecule has 0 spiro atoms. The minimum absolute atomic E-state index is 0.0254. The molecule has 6 aliphatic rings. The Morgan fingerprint density at radius 2 is 0.888 bits per heavy atom. The number of aromatic hydroxyl groups is 2. The van der Waals surface area contributed by atoms with Crippen molar-refractivity contribution in [1.82, 2.24) is 0 Å². The average Bonchev–Trinajstić information content (AvgIpc) is 1.50. The van der Waals surface area contributed by atoms with Crippen LogP contribution in [0.3, 0.4) is 0 Å². The number of hydrogen-bond donors (Lipinski definition) is 5. The van der Waals surface area contributed by atoms with Crippen molar-refractivity contribution in [2.24, 2.45) is 58.2 Å². The molecule has 6 aliphatic carbocycles. The van der Waals surface area contributed by atoms with E-state index in [1.54, 1.807) is 12.1 Å². The number of phenolic OH excluding ortho intramolecular Hbond substituents is 2. The maximum absolute atomic E-state index is 13.8.